The Bertz CT molecular complexity index is 728. The van der Waals surface area contributed by atoms with Crippen LogP contribution in [0.15, 0.2) is 30.4 Å². The molecule has 4 aliphatic carbocycles. The van der Waals surface area contributed by atoms with Crippen molar-refractivity contribution in [2.75, 3.05) is 12.0 Å². The molecule has 1 aromatic carbocycles. The van der Waals surface area contributed by atoms with Gasteiger partial charge in [0.05, 0.1) is 18.5 Å². The molecular formula is C20H22N2O2. The molecule has 124 valence electrons. The summed E-state index contributed by atoms with van der Waals surface area (Å²) >= 11 is 0. The van der Waals surface area contributed by atoms with Gasteiger partial charge in [0.15, 0.2) is 0 Å². The Balaban J connectivity index is 1.39. The molecule has 6 rings (SSSR count). The highest BCUT2D eigenvalue weighted by Gasteiger charge is 2.66. The monoisotopic (exact) mass is 322 g/mol. The van der Waals surface area contributed by atoms with Crippen LogP contribution in [-0.2, 0) is 9.59 Å². The fraction of sp³-hybridized carbons (Fsp3) is 0.500. The first-order chi connectivity index (χ1) is 11.6. The molecule has 5 aliphatic rings. The van der Waals surface area contributed by atoms with E-state index in [1.54, 1.807) is 0 Å². The lowest BCUT2D eigenvalue weighted by Gasteiger charge is -2.37. The van der Waals surface area contributed by atoms with E-state index in [4.69, 9.17) is 0 Å². The first kappa shape index (κ1) is 14.3. The summed E-state index contributed by atoms with van der Waals surface area (Å²) in [5, 5.41) is 3.33. The highest BCUT2D eigenvalue weighted by molar-refractivity contribution is 6.06. The topological polar surface area (TPSA) is 49.4 Å². The number of likely N-dealkylation sites (tertiary alicyclic amines) is 1. The standard InChI is InChI=1S/C20H22N2O2/c1-10-4-3-5-11(2)18(10)21-9-22-19(23)16-12-6-7-13(15-8-14(12)15)17(16)20(22)24/h3-7,12-17,21H,8-9H2,1-2H3/t12-,13-,14-,15+,16-,17+/m0/s1. The number of amides is 2. The number of hydrogen-bond acceptors (Lipinski definition) is 3. The number of carbonyl (C=O) groups excluding carboxylic acids is 2. The molecule has 1 saturated heterocycles. The average molecular weight is 322 g/mol. The van der Waals surface area contributed by atoms with Crippen molar-refractivity contribution in [3.63, 3.8) is 0 Å². The molecule has 3 fully saturated rings. The molecular weight excluding hydrogens is 300 g/mol. The van der Waals surface area contributed by atoms with E-state index in [-0.39, 0.29) is 30.3 Å². The van der Waals surface area contributed by atoms with Gasteiger partial charge in [-0.1, -0.05) is 30.4 Å². The zero-order valence-corrected chi connectivity index (χ0v) is 14.0. The average Bonchev–Trinajstić information content (AvgIpc) is 3.34. The van der Waals surface area contributed by atoms with E-state index in [0.29, 0.717) is 23.7 Å². The first-order valence-electron chi connectivity index (χ1n) is 8.91. The van der Waals surface area contributed by atoms with Crippen molar-refractivity contribution in [2.45, 2.75) is 20.3 Å². The Morgan fingerprint density at radius 3 is 2.08 bits per heavy atom. The maximum Gasteiger partial charge on any atom is 0.235 e. The molecule has 4 nitrogen and oxygen atoms in total. The van der Waals surface area contributed by atoms with Gasteiger partial charge in [-0.2, -0.15) is 0 Å². The summed E-state index contributed by atoms with van der Waals surface area (Å²) < 4.78 is 0. The number of aryl methyl sites for hydroxylation is 2. The number of rotatable bonds is 3. The van der Waals surface area contributed by atoms with Gasteiger partial charge >= 0.3 is 0 Å². The van der Waals surface area contributed by atoms with Crippen molar-refractivity contribution >= 4 is 17.5 Å². The van der Waals surface area contributed by atoms with Gasteiger partial charge in [0.25, 0.3) is 0 Å². The molecule has 0 unspecified atom stereocenters. The molecule has 1 aliphatic heterocycles. The normalized spacial score (nSPS) is 38.3. The van der Waals surface area contributed by atoms with Gasteiger partial charge in [-0.05, 0) is 55.1 Å². The molecule has 2 saturated carbocycles. The minimum Gasteiger partial charge on any atom is -0.367 e. The van der Waals surface area contributed by atoms with Gasteiger partial charge in [0.1, 0.15) is 0 Å². The Morgan fingerprint density at radius 2 is 1.54 bits per heavy atom. The third-order valence-electron chi connectivity index (χ3n) is 6.65. The fourth-order valence-corrected chi connectivity index (χ4v) is 5.43. The second kappa shape index (κ2) is 4.71. The van der Waals surface area contributed by atoms with E-state index < -0.39 is 0 Å². The number of carbonyl (C=O) groups is 2. The third kappa shape index (κ3) is 1.74. The Labute approximate surface area is 141 Å². The molecule has 0 aromatic heterocycles. The van der Waals surface area contributed by atoms with Crippen molar-refractivity contribution in [1.29, 1.82) is 0 Å². The van der Waals surface area contributed by atoms with E-state index in [9.17, 15) is 9.59 Å². The lowest BCUT2D eigenvalue weighted by atomic mass is 9.63. The molecule has 2 amide bonds. The van der Waals surface area contributed by atoms with Crippen LogP contribution < -0.4 is 5.32 Å². The van der Waals surface area contributed by atoms with Crippen LogP contribution in [0.4, 0.5) is 5.69 Å². The molecule has 1 N–H and O–H groups in total. The number of anilines is 1. The van der Waals surface area contributed by atoms with Crippen molar-refractivity contribution in [3.05, 3.63) is 41.5 Å². The first-order valence-corrected chi connectivity index (χ1v) is 8.91. The molecule has 2 bridgehead atoms. The van der Waals surface area contributed by atoms with Crippen LogP contribution >= 0.6 is 0 Å². The maximum absolute atomic E-state index is 12.9. The number of nitrogens with one attached hydrogen (secondary N) is 1. The highest BCUT2D eigenvalue weighted by atomic mass is 16.2. The fourth-order valence-electron chi connectivity index (χ4n) is 5.43. The summed E-state index contributed by atoms with van der Waals surface area (Å²) in [4.78, 5) is 27.3. The van der Waals surface area contributed by atoms with Crippen molar-refractivity contribution in [2.24, 2.45) is 35.5 Å². The molecule has 6 atom stereocenters. The third-order valence-corrected chi connectivity index (χ3v) is 6.65. The maximum atomic E-state index is 12.9. The van der Waals surface area contributed by atoms with Gasteiger partial charge < -0.3 is 5.32 Å². The van der Waals surface area contributed by atoms with Gasteiger partial charge in [-0.25, -0.2) is 0 Å². The van der Waals surface area contributed by atoms with Gasteiger partial charge in [-0.3, -0.25) is 14.5 Å². The largest absolute Gasteiger partial charge is 0.367 e. The quantitative estimate of drug-likeness (QED) is 0.688. The number of benzene rings is 1. The van der Waals surface area contributed by atoms with Gasteiger partial charge in [-0.15, -0.1) is 0 Å². The van der Waals surface area contributed by atoms with Gasteiger partial charge in [0.2, 0.25) is 11.8 Å². The molecule has 1 aromatic rings. The van der Waals surface area contributed by atoms with Crippen LogP contribution in [0.3, 0.4) is 0 Å². The lowest BCUT2D eigenvalue weighted by Crippen LogP contribution is -2.40. The summed E-state index contributed by atoms with van der Waals surface area (Å²) in [6.45, 7) is 4.37. The summed E-state index contributed by atoms with van der Waals surface area (Å²) in [7, 11) is 0. The van der Waals surface area contributed by atoms with Gasteiger partial charge in [0, 0.05) is 5.69 Å². The number of allylic oxidation sites excluding steroid dienone is 2. The van der Waals surface area contributed by atoms with E-state index in [0.717, 1.165) is 16.8 Å². The number of imide groups is 1. The minimum absolute atomic E-state index is 0.0356. The SMILES string of the molecule is Cc1cccc(C)c1NCN1C(=O)[C@@H]2[C@H]3C=C[C@@H]([C@@H]4C[C@H]34)[C@@H]2C1=O. The predicted molar refractivity (Wildman–Crippen MR) is 91.0 cm³/mol. The number of nitrogens with zero attached hydrogens (tertiary/aromatic N) is 1. The van der Waals surface area contributed by atoms with Crippen LogP contribution in [0.25, 0.3) is 0 Å². The molecule has 0 spiro atoms. The minimum atomic E-state index is -0.101. The second-order valence-corrected chi connectivity index (χ2v) is 7.86. The van der Waals surface area contributed by atoms with E-state index in [1.807, 2.05) is 32.0 Å². The van der Waals surface area contributed by atoms with Crippen LogP contribution in [0.5, 0.6) is 0 Å². The number of para-hydroxylation sites is 1. The van der Waals surface area contributed by atoms with Crippen molar-refractivity contribution < 1.29 is 9.59 Å². The Kier molecular flexibility index (Phi) is 2.80. The zero-order chi connectivity index (χ0) is 16.6. The predicted octanol–water partition coefficient (Wildman–Crippen LogP) is 2.73. The Hall–Kier alpha value is -2.10. The summed E-state index contributed by atoms with van der Waals surface area (Å²) in [5.74, 6) is 1.78. The van der Waals surface area contributed by atoms with Crippen molar-refractivity contribution in [1.82, 2.24) is 4.90 Å². The summed E-state index contributed by atoms with van der Waals surface area (Å²) in [5.41, 5.74) is 3.29. The lowest BCUT2D eigenvalue weighted by molar-refractivity contribution is -0.139. The van der Waals surface area contributed by atoms with E-state index >= 15 is 0 Å². The zero-order valence-electron chi connectivity index (χ0n) is 14.0. The molecule has 4 heteroatoms. The van der Waals surface area contributed by atoms with E-state index in [1.165, 1.54) is 11.3 Å². The molecule has 1 heterocycles. The van der Waals surface area contributed by atoms with Crippen LogP contribution in [-0.4, -0.2) is 23.4 Å². The van der Waals surface area contributed by atoms with Crippen LogP contribution in [0.1, 0.15) is 17.5 Å². The van der Waals surface area contributed by atoms with Crippen LogP contribution in [0.2, 0.25) is 0 Å². The molecule has 24 heavy (non-hydrogen) atoms. The van der Waals surface area contributed by atoms with Crippen LogP contribution in [0, 0.1) is 49.4 Å². The summed E-state index contributed by atoms with van der Waals surface area (Å²) in [6.07, 6.45) is 5.64. The number of hydrogen-bond donors (Lipinski definition) is 1. The highest BCUT2D eigenvalue weighted by Crippen LogP contribution is 2.65. The smallest absolute Gasteiger partial charge is 0.235 e. The van der Waals surface area contributed by atoms with Crippen molar-refractivity contribution in [3.8, 4) is 0 Å². The second-order valence-electron chi connectivity index (χ2n) is 7.86. The Morgan fingerprint density at radius 1 is 1.00 bits per heavy atom. The molecule has 0 radical (unpaired) electrons. The van der Waals surface area contributed by atoms with E-state index in [2.05, 4.69) is 17.5 Å². The summed E-state index contributed by atoms with van der Waals surface area (Å²) in [6, 6.07) is 6.10.